The van der Waals surface area contributed by atoms with Gasteiger partial charge < -0.3 is 5.32 Å². The Hall–Kier alpha value is -0.820. The molecule has 1 nitrogen and oxygen atoms in total. The van der Waals surface area contributed by atoms with Crippen LogP contribution in [-0.2, 0) is 0 Å². The Morgan fingerprint density at radius 3 is 2.31 bits per heavy atom. The topological polar surface area (TPSA) is 12.0 Å². The lowest BCUT2D eigenvalue weighted by molar-refractivity contribution is 0.543. The molecule has 1 unspecified atom stereocenters. The van der Waals surface area contributed by atoms with Crippen LogP contribution < -0.4 is 5.32 Å². The van der Waals surface area contributed by atoms with Crippen molar-refractivity contribution >= 4 is 0 Å². The zero-order chi connectivity index (χ0) is 11.8. The van der Waals surface area contributed by atoms with Crippen LogP contribution in [0.4, 0.5) is 0 Å². The van der Waals surface area contributed by atoms with Gasteiger partial charge in [0.15, 0.2) is 0 Å². The maximum absolute atomic E-state index is 3.53. The number of aryl methyl sites for hydroxylation is 1. The van der Waals surface area contributed by atoms with Crippen molar-refractivity contribution in [2.45, 2.75) is 46.0 Å². The molecule has 1 N–H and O–H groups in total. The van der Waals surface area contributed by atoms with Gasteiger partial charge >= 0.3 is 0 Å². The summed E-state index contributed by atoms with van der Waals surface area (Å²) < 4.78 is 0. The first kappa shape index (κ1) is 13.2. The standard InChI is InChI=1S/C15H25N/c1-4-6-15(12-16-11-5-2)14-9-7-13(3)8-10-14/h7-10,15-16H,4-6,11-12H2,1-3H3. The zero-order valence-electron chi connectivity index (χ0n) is 10.9. The normalized spacial score (nSPS) is 12.7. The fourth-order valence-corrected chi connectivity index (χ4v) is 2.03. The Kier molecular flexibility index (Phi) is 6.17. The smallest absolute Gasteiger partial charge is 0.00201 e. The molecule has 0 aliphatic heterocycles. The van der Waals surface area contributed by atoms with E-state index in [9.17, 15) is 0 Å². The summed E-state index contributed by atoms with van der Waals surface area (Å²) in [6, 6.07) is 9.00. The fraction of sp³-hybridized carbons (Fsp3) is 0.600. The molecule has 0 fully saturated rings. The predicted molar refractivity (Wildman–Crippen MR) is 72.0 cm³/mol. The van der Waals surface area contributed by atoms with Crippen LogP contribution in [0.5, 0.6) is 0 Å². The molecular weight excluding hydrogens is 194 g/mol. The fourth-order valence-electron chi connectivity index (χ4n) is 2.03. The van der Waals surface area contributed by atoms with Gasteiger partial charge in [-0.1, -0.05) is 50.1 Å². The van der Waals surface area contributed by atoms with Gasteiger partial charge in [-0.05, 0) is 37.8 Å². The molecule has 0 radical (unpaired) electrons. The Morgan fingerprint density at radius 2 is 1.75 bits per heavy atom. The van der Waals surface area contributed by atoms with Crippen molar-refractivity contribution in [2.24, 2.45) is 0 Å². The number of hydrogen-bond donors (Lipinski definition) is 1. The second kappa shape index (κ2) is 7.45. The molecule has 0 spiro atoms. The van der Waals surface area contributed by atoms with Gasteiger partial charge in [-0.3, -0.25) is 0 Å². The van der Waals surface area contributed by atoms with Crippen LogP contribution >= 0.6 is 0 Å². The van der Waals surface area contributed by atoms with E-state index in [1.54, 1.807) is 0 Å². The summed E-state index contributed by atoms with van der Waals surface area (Å²) in [6.07, 6.45) is 3.75. The van der Waals surface area contributed by atoms with Crippen LogP contribution in [0.15, 0.2) is 24.3 Å². The molecule has 1 heteroatoms. The summed E-state index contributed by atoms with van der Waals surface area (Å²) in [6.45, 7) is 8.87. The highest BCUT2D eigenvalue weighted by atomic mass is 14.8. The van der Waals surface area contributed by atoms with Crippen molar-refractivity contribution in [3.63, 3.8) is 0 Å². The molecule has 16 heavy (non-hydrogen) atoms. The van der Waals surface area contributed by atoms with Crippen LogP contribution in [-0.4, -0.2) is 13.1 Å². The minimum Gasteiger partial charge on any atom is -0.316 e. The summed E-state index contributed by atoms with van der Waals surface area (Å²) in [5, 5.41) is 3.53. The molecule has 0 heterocycles. The lowest BCUT2D eigenvalue weighted by atomic mass is 9.94. The molecule has 1 rings (SSSR count). The van der Waals surface area contributed by atoms with Crippen molar-refractivity contribution < 1.29 is 0 Å². The Morgan fingerprint density at radius 1 is 1.06 bits per heavy atom. The molecule has 0 saturated carbocycles. The molecule has 1 aromatic carbocycles. The quantitative estimate of drug-likeness (QED) is 0.686. The zero-order valence-corrected chi connectivity index (χ0v) is 10.9. The Labute approximate surface area is 100 Å². The number of nitrogens with one attached hydrogen (secondary N) is 1. The van der Waals surface area contributed by atoms with E-state index in [1.807, 2.05) is 0 Å². The highest BCUT2D eigenvalue weighted by Gasteiger charge is 2.09. The van der Waals surface area contributed by atoms with Crippen LogP contribution in [0.1, 0.15) is 50.2 Å². The van der Waals surface area contributed by atoms with Gasteiger partial charge in [0, 0.05) is 6.54 Å². The third-order valence-electron chi connectivity index (χ3n) is 3.00. The maximum Gasteiger partial charge on any atom is 0.00201 e. The van der Waals surface area contributed by atoms with Gasteiger partial charge in [-0.2, -0.15) is 0 Å². The van der Waals surface area contributed by atoms with E-state index >= 15 is 0 Å². The van der Waals surface area contributed by atoms with E-state index in [1.165, 1.54) is 30.4 Å². The monoisotopic (exact) mass is 219 g/mol. The van der Waals surface area contributed by atoms with Crippen molar-refractivity contribution in [1.29, 1.82) is 0 Å². The van der Waals surface area contributed by atoms with Crippen molar-refractivity contribution in [3.8, 4) is 0 Å². The molecular formula is C15H25N. The molecule has 1 aromatic rings. The van der Waals surface area contributed by atoms with Gasteiger partial charge in [0.25, 0.3) is 0 Å². The molecule has 0 aromatic heterocycles. The molecule has 0 aliphatic rings. The van der Waals surface area contributed by atoms with E-state index < -0.39 is 0 Å². The third-order valence-corrected chi connectivity index (χ3v) is 3.00. The summed E-state index contributed by atoms with van der Waals surface area (Å²) in [5.41, 5.74) is 2.83. The molecule has 90 valence electrons. The average molecular weight is 219 g/mol. The number of benzene rings is 1. The summed E-state index contributed by atoms with van der Waals surface area (Å²) in [4.78, 5) is 0. The lowest BCUT2D eigenvalue weighted by Crippen LogP contribution is -2.22. The minimum atomic E-state index is 0.678. The molecule has 0 aliphatic carbocycles. The van der Waals surface area contributed by atoms with Gasteiger partial charge in [0.2, 0.25) is 0 Å². The van der Waals surface area contributed by atoms with Gasteiger partial charge in [0.05, 0.1) is 0 Å². The maximum atomic E-state index is 3.53. The van der Waals surface area contributed by atoms with Crippen LogP contribution in [0.25, 0.3) is 0 Å². The third kappa shape index (κ3) is 4.36. The first-order valence-electron chi connectivity index (χ1n) is 6.55. The van der Waals surface area contributed by atoms with E-state index in [0.717, 1.165) is 13.1 Å². The first-order valence-corrected chi connectivity index (χ1v) is 6.55. The van der Waals surface area contributed by atoms with Gasteiger partial charge in [-0.25, -0.2) is 0 Å². The van der Waals surface area contributed by atoms with E-state index in [-0.39, 0.29) is 0 Å². The minimum absolute atomic E-state index is 0.678. The van der Waals surface area contributed by atoms with Crippen molar-refractivity contribution in [1.82, 2.24) is 5.32 Å². The van der Waals surface area contributed by atoms with Crippen LogP contribution in [0.2, 0.25) is 0 Å². The van der Waals surface area contributed by atoms with Crippen LogP contribution in [0.3, 0.4) is 0 Å². The largest absolute Gasteiger partial charge is 0.316 e. The van der Waals surface area contributed by atoms with E-state index in [2.05, 4.69) is 50.4 Å². The molecule has 1 atom stereocenters. The SMILES string of the molecule is CCCNCC(CCC)c1ccc(C)cc1. The number of rotatable bonds is 7. The number of hydrogen-bond acceptors (Lipinski definition) is 1. The summed E-state index contributed by atoms with van der Waals surface area (Å²) >= 11 is 0. The molecule has 0 saturated heterocycles. The highest BCUT2D eigenvalue weighted by molar-refractivity contribution is 5.24. The first-order chi connectivity index (χ1) is 7.77. The second-order valence-electron chi connectivity index (χ2n) is 4.60. The van der Waals surface area contributed by atoms with E-state index in [4.69, 9.17) is 0 Å². The molecule has 0 bridgehead atoms. The average Bonchev–Trinajstić information content (AvgIpc) is 2.29. The Bertz CT molecular complexity index is 276. The Balaban J connectivity index is 2.57. The van der Waals surface area contributed by atoms with Crippen molar-refractivity contribution in [3.05, 3.63) is 35.4 Å². The highest BCUT2D eigenvalue weighted by Crippen LogP contribution is 2.20. The van der Waals surface area contributed by atoms with Crippen molar-refractivity contribution in [2.75, 3.05) is 13.1 Å². The predicted octanol–water partition coefficient (Wildman–Crippen LogP) is 3.88. The molecule has 0 amide bonds. The lowest BCUT2D eigenvalue weighted by Gasteiger charge is -2.17. The van der Waals surface area contributed by atoms with Gasteiger partial charge in [0.1, 0.15) is 0 Å². The summed E-state index contributed by atoms with van der Waals surface area (Å²) in [7, 11) is 0. The van der Waals surface area contributed by atoms with Gasteiger partial charge in [-0.15, -0.1) is 0 Å². The van der Waals surface area contributed by atoms with Crippen LogP contribution in [0, 0.1) is 6.92 Å². The summed E-state index contributed by atoms with van der Waals surface area (Å²) in [5.74, 6) is 0.678. The second-order valence-corrected chi connectivity index (χ2v) is 4.60. The van der Waals surface area contributed by atoms with E-state index in [0.29, 0.717) is 5.92 Å².